The van der Waals surface area contributed by atoms with Gasteiger partial charge in [0.25, 0.3) is 0 Å². The van der Waals surface area contributed by atoms with Gasteiger partial charge in [-0.25, -0.2) is 0 Å². The summed E-state index contributed by atoms with van der Waals surface area (Å²) in [6.45, 7) is 0. The Morgan fingerprint density at radius 3 is 2.24 bits per heavy atom. The first-order chi connectivity index (χ1) is 10.0. The van der Waals surface area contributed by atoms with E-state index in [1.807, 2.05) is 0 Å². The van der Waals surface area contributed by atoms with Crippen molar-refractivity contribution in [3.8, 4) is 16.2 Å². The number of hydrogen-bond donors (Lipinski definition) is 0. The smallest absolute Gasteiger partial charge is 0.497 e. The molecule has 2 aromatic carbocycles. The van der Waals surface area contributed by atoms with Crippen molar-refractivity contribution in [1.29, 1.82) is 0 Å². The summed E-state index contributed by atoms with van der Waals surface area (Å²) in [5, 5.41) is 0.643. The van der Waals surface area contributed by atoms with Gasteiger partial charge < -0.3 is 4.74 Å². The van der Waals surface area contributed by atoms with Gasteiger partial charge in [-0.3, -0.25) is 0 Å². The fourth-order valence-electron chi connectivity index (χ4n) is 2.31. The third kappa shape index (κ3) is 2.49. The summed E-state index contributed by atoms with van der Waals surface area (Å²) >= 11 is 0. The van der Waals surface area contributed by atoms with Crippen LogP contribution < -0.4 is 4.74 Å². The predicted molar refractivity (Wildman–Crippen MR) is 79.7 cm³/mol. The molecule has 3 rings (SSSR count). The Balaban J connectivity index is 2.25. The molecule has 0 N–H and O–H groups in total. The number of thiophene rings is 1. The van der Waals surface area contributed by atoms with Crippen LogP contribution in [0.25, 0.3) is 20.5 Å². The summed E-state index contributed by atoms with van der Waals surface area (Å²) in [6.07, 6.45) is 0. The Hall–Kier alpha value is -2.01. The van der Waals surface area contributed by atoms with E-state index in [0.717, 1.165) is 0 Å². The maximum Gasteiger partial charge on any atom is 0.601 e. The summed E-state index contributed by atoms with van der Waals surface area (Å²) in [4.78, 5) is 0.311. The highest BCUT2D eigenvalue weighted by Crippen LogP contribution is 2.54. The number of ether oxygens (including phenoxy) is 1. The topological polar surface area (TPSA) is 9.23 Å². The van der Waals surface area contributed by atoms with Crippen molar-refractivity contribution in [2.75, 3.05) is 7.11 Å². The number of fused-ring (bicyclic) bond motifs is 1. The van der Waals surface area contributed by atoms with Crippen molar-refractivity contribution in [3.05, 3.63) is 54.6 Å². The number of hydrogen-bond acceptors (Lipinski definition) is 1. The third-order valence-corrected chi connectivity index (χ3v) is 5.32. The highest BCUT2D eigenvalue weighted by Gasteiger charge is 2.48. The lowest BCUT2D eigenvalue weighted by Crippen LogP contribution is -1.96. The number of alkyl halides is 3. The van der Waals surface area contributed by atoms with E-state index in [-0.39, 0.29) is 0 Å². The Morgan fingerprint density at radius 1 is 0.952 bits per heavy atom. The minimum Gasteiger partial charge on any atom is -0.497 e. The fourth-order valence-corrected chi connectivity index (χ4v) is 4.24. The van der Waals surface area contributed by atoms with Crippen LogP contribution >= 0.6 is 10.5 Å². The quantitative estimate of drug-likeness (QED) is 0.548. The second-order valence-corrected chi connectivity index (χ2v) is 6.48. The molecule has 1 atom stereocenters. The van der Waals surface area contributed by atoms with E-state index >= 15 is 0 Å². The fraction of sp³-hybridized carbons (Fsp3) is 0.125. The maximum absolute atomic E-state index is 13.5. The minimum atomic E-state index is -4.28. The normalized spacial score (nSPS) is 12.7. The third-order valence-electron chi connectivity index (χ3n) is 3.25. The zero-order valence-electron chi connectivity index (χ0n) is 11.1. The Labute approximate surface area is 122 Å². The highest BCUT2D eigenvalue weighted by atomic mass is 32.2. The van der Waals surface area contributed by atoms with Crippen molar-refractivity contribution in [2.24, 2.45) is 0 Å². The van der Waals surface area contributed by atoms with E-state index in [1.165, 1.54) is 7.11 Å². The average Bonchev–Trinajstić information content (AvgIpc) is 2.86. The minimum absolute atomic E-state index is 0.311. The van der Waals surface area contributed by atoms with Crippen LogP contribution in [0.15, 0.2) is 54.6 Å². The Morgan fingerprint density at radius 2 is 1.62 bits per heavy atom. The molecular weight excluding hydrogens is 297 g/mol. The molecule has 5 heteroatoms. The molecular formula is C16H12F3OS+. The van der Waals surface area contributed by atoms with E-state index in [4.69, 9.17) is 4.74 Å². The zero-order chi connectivity index (χ0) is 15.0. The van der Waals surface area contributed by atoms with Crippen LogP contribution in [-0.2, 0) is 5.51 Å². The van der Waals surface area contributed by atoms with Crippen LogP contribution in [0, 0.1) is 0 Å². The van der Waals surface area contributed by atoms with Gasteiger partial charge in [0, 0.05) is 17.0 Å². The zero-order valence-corrected chi connectivity index (χ0v) is 12.0. The van der Waals surface area contributed by atoms with Gasteiger partial charge in [-0.2, -0.15) is 0 Å². The molecule has 0 spiro atoms. The first-order valence-corrected chi connectivity index (χ1v) is 7.49. The van der Waals surface area contributed by atoms with E-state index in [2.05, 4.69) is 0 Å². The molecule has 0 amide bonds. The average molecular weight is 309 g/mol. The molecule has 0 aliphatic rings. The van der Waals surface area contributed by atoms with Gasteiger partial charge in [0.05, 0.1) is 7.11 Å². The monoisotopic (exact) mass is 309 g/mol. The van der Waals surface area contributed by atoms with Crippen molar-refractivity contribution in [3.63, 3.8) is 0 Å². The summed E-state index contributed by atoms with van der Waals surface area (Å²) in [5.41, 5.74) is -3.70. The molecule has 0 fully saturated rings. The van der Waals surface area contributed by atoms with Crippen LogP contribution in [0.5, 0.6) is 5.75 Å². The van der Waals surface area contributed by atoms with E-state index in [1.54, 1.807) is 54.6 Å². The summed E-state index contributed by atoms with van der Waals surface area (Å²) in [6, 6.07) is 15.0. The molecule has 1 unspecified atom stereocenters. The molecule has 0 aliphatic carbocycles. The molecule has 0 saturated carbocycles. The molecule has 21 heavy (non-hydrogen) atoms. The van der Waals surface area contributed by atoms with Crippen molar-refractivity contribution >= 4 is 20.6 Å². The number of rotatable bonds is 2. The van der Waals surface area contributed by atoms with Gasteiger partial charge in [-0.15, -0.1) is 13.2 Å². The van der Waals surface area contributed by atoms with Gasteiger partial charge in [-0.05, 0) is 36.4 Å². The maximum atomic E-state index is 13.5. The van der Waals surface area contributed by atoms with Gasteiger partial charge in [0.15, 0.2) is 9.58 Å². The molecule has 108 valence electrons. The van der Waals surface area contributed by atoms with E-state index in [0.29, 0.717) is 26.3 Å². The molecule has 3 aromatic rings. The summed E-state index contributed by atoms with van der Waals surface area (Å²) in [5.74, 6) is 0.627. The SMILES string of the molecule is COc1ccc(-c2cc3ccccc3[s+]2C(F)(F)F)cc1. The molecule has 1 aromatic heterocycles. The lowest BCUT2D eigenvalue weighted by atomic mass is 10.1. The Bertz CT molecular complexity index is 772. The number of benzene rings is 2. The van der Waals surface area contributed by atoms with Crippen molar-refractivity contribution in [2.45, 2.75) is 5.51 Å². The predicted octanol–water partition coefficient (Wildman–Crippen LogP) is 5.74. The second-order valence-electron chi connectivity index (χ2n) is 4.53. The highest BCUT2D eigenvalue weighted by molar-refractivity contribution is 7.41. The molecule has 0 radical (unpaired) electrons. The number of halogens is 3. The Kier molecular flexibility index (Phi) is 3.37. The van der Waals surface area contributed by atoms with Crippen LogP contribution in [0.3, 0.4) is 0 Å². The van der Waals surface area contributed by atoms with Gasteiger partial charge in [0.2, 0.25) is 0 Å². The molecule has 1 nitrogen and oxygen atoms in total. The van der Waals surface area contributed by atoms with Gasteiger partial charge >= 0.3 is 5.51 Å². The van der Waals surface area contributed by atoms with Crippen LogP contribution in [0.2, 0.25) is 0 Å². The number of methoxy groups -OCH3 is 1. The van der Waals surface area contributed by atoms with Crippen LogP contribution in [0.4, 0.5) is 13.2 Å². The van der Waals surface area contributed by atoms with Crippen molar-refractivity contribution in [1.82, 2.24) is 0 Å². The molecule has 0 bridgehead atoms. The lowest BCUT2D eigenvalue weighted by Gasteiger charge is -2.02. The van der Waals surface area contributed by atoms with E-state index in [9.17, 15) is 13.2 Å². The molecule has 0 saturated heterocycles. The standard InChI is InChI=1S/C16H12F3OS/c1-20-13-8-6-11(7-9-13)15-10-12-4-2-3-5-14(12)21(15)16(17,18)19/h2-10H,1H3/q+1. The molecule has 1 heterocycles. The lowest BCUT2D eigenvalue weighted by molar-refractivity contribution is -0.0864. The first-order valence-electron chi connectivity index (χ1n) is 6.27. The molecule has 0 aliphatic heterocycles. The largest absolute Gasteiger partial charge is 0.601 e. The van der Waals surface area contributed by atoms with Gasteiger partial charge in [0.1, 0.15) is 16.2 Å². The first kappa shape index (κ1) is 13.9. The van der Waals surface area contributed by atoms with Crippen LogP contribution in [-0.4, -0.2) is 7.11 Å². The van der Waals surface area contributed by atoms with Crippen molar-refractivity contribution < 1.29 is 17.9 Å². The van der Waals surface area contributed by atoms with Gasteiger partial charge in [-0.1, -0.05) is 12.1 Å². The summed E-state index contributed by atoms with van der Waals surface area (Å²) < 4.78 is 45.8. The summed E-state index contributed by atoms with van der Waals surface area (Å²) in [7, 11) is -0.369. The second kappa shape index (κ2) is 5.07. The van der Waals surface area contributed by atoms with E-state index < -0.39 is 16.0 Å². The van der Waals surface area contributed by atoms with Crippen LogP contribution in [0.1, 0.15) is 0 Å².